The molecule has 0 bridgehead atoms. The largest absolute Gasteiger partial charge is 0.337 e. The molecule has 0 atom stereocenters. The minimum Gasteiger partial charge on any atom is -0.337 e. The summed E-state index contributed by atoms with van der Waals surface area (Å²) in [5, 5.41) is 21.8. The summed E-state index contributed by atoms with van der Waals surface area (Å²) in [4.78, 5) is 35.1. The molecule has 24 heavy (non-hydrogen) atoms. The van der Waals surface area contributed by atoms with Crippen LogP contribution in [0.25, 0.3) is 0 Å². The van der Waals surface area contributed by atoms with Gasteiger partial charge >= 0.3 is 6.03 Å². The normalized spacial score (nSPS) is 9.83. The molecule has 0 aliphatic carbocycles. The zero-order chi connectivity index (χ0) is 17.9. The lowest BCUT2D eigenvalue weighted by Crippen LogP contribution is -2.44. The Hall–Kier alpha value is -2.95. The second-order valence-corrected chi connectivity index (χ2v) is 5.14. The smallest absolute Gasteiger partial charge is 0.324 e. The van der Waals surface area contributed by atoms with Gasteiger partial charge in [0.15, 0.2) is 0 Å². The first-order valence-corrected chi connectivity index (χ1v) is 7.68. The highest BCUT2D eigenvalue weighted by Crippen LogP contribution is 2.12. The molecular formula is C16H20N4O4. The van der Waals surface area contributed by atoms with Crippen LogP contribution in [0.5, 0.6) is 0 Å². The van der Waals surface area contributed by atoms with Crippen molar-refractivity contribution in [3.63, 3.8) is 0 Å². The lowest BCUT2D eigenvalue weighted by atomic mass is 10.1. The van der Waals surface area contributed by atoms with Crippen molar-refractivity contribution in [3.05, 3.63) is 39.9 Å². The molecule has 0 saturated heterocycles. The van der Waals surface area contributed by atoms with E-state index >= 15 is 0 Å². The molecule has 1 aromatic carbocycles. The Bertz CT molecular complexity index is 622. The molecule has 3 amide bonds. The van der Waals surface area contributed by atoms with E-state index in [-0.39, 0.29) is 18.7 Å². The van der Waals surface area contributed by atoms with Crippen LogP contribution < -0.4 is 5.32 Å². The first-order valence-electron chi connectivity index (χ1n) is 7.68. The van der Waals surface area contributed by atoms with E-state index in [9.17, 15) is 19.7 Å². The number of benzene rings is 1. The summed E-state index contributed by atoms with van der Waals surface area (Å²) in [6.45, 7) is 2.51. The lowest BCUT2D eigenvalue weighted by Gasteiger charge is -2.20. The summed E-state index contributed by atoms with van der Waals surface area (Å²) in [6, 6.07) is 7.28. The van der Waals surface area contributed by atoms with Gasteiger partial charge in [-0.15, -0.1) is 0 Å². The van der Waals surface area contributed by atoms with Gasteiger partial charge in [0.05, 0.1) is 11.0 Å². The van der Waals surface area contributed by atoms with E-state index in [0.29, 0.717) is 19.4 Å². The summed E-state index contributed by atoms with van der Waals surface area (Å²) < 4.78 is 0. The first-order chi connectivity index (χ1) is 11.5. The lowest BCUT2D eigenvalue weighted by molar-refractivity contribution is -0.384. The Morgan fingerprint density at radius 1 is 1.33 bits per heavy atom. The van der Waals surface area contributed by atoms with Crippen LogP contribution in [0, 0.1) is 21.4 Å². The SMILES string of the molecule is CCCCN(C(=O)CC#N)C(=O)NCCc1ccc([N+](=O)[O-])cc1. The number of unbranched alkanes of at least 4 members (excludes halogenated alkanes) is 1. The molecule has 0 aromatic heterocycles. The van der Waals surface area contributed by atoms with Gasteiger partial charge in [-0.3, -0.25) is 19.8 Å². The molecule has 0 aliphatic heterocycles. The van der Waals surface area contributed by atoms with E-state index in [4.69, 9.17) is 5.26 Å². The van der Waals surface area contributed by atoms with E-state index in [2.05, 4.69) is 5.32 Å². The standard InChI is InChI=1S/C16H20N4O4/c1-2-3-12-19(15(21)8-10-17)16(22)18-11-9-13-4-6-14(7-5-13)20(23)24/h4-7H,2-3,8-9,11-12H2,1H3,(H,18,22). The average molecular weight is 332 g/mol. The first kappa shape index (κ1) is 19.1. The minimum absolute atomic E-state index is 0.00984. The van der Waals surface area contributed by atoms with Crippen molar-refractivity contribution in [2.75, 3.05) is 13.1 Å². The molecule has 1 rings (SSSR count). The van der Waals surface area contributed by atoms with Crippen LogP contribution in [0.15, 0.2) is 24.3 Å². The maximum atomic E-state index is 12.1. The topological polar surface area (TPSA) is 116 Å². The van der Waals surface area contributed by atoms with E-state index in [0.717, 1.165) is 16.9 Å². The number of nitro groups is 1. The Labute approximate surface area is 140 Å². The zero-order valence-electron chi connectivity index (χ0n) is 13.5. The molecule has 0 heterocycles. The number of urea groups is 1. The van der Waals surface area contributed by atoms with Gasteiger partial charge in [0, 0.05) is 25.2 Å². The molecule has 1 aromatic rings. The predicted molar refractivity (Wildman–Crippen MR) is 87.1 cm³/mol. The van der Waals surface area contributed by atoms with Crippen molar-refractivity contribution in [1.82, 2.24) is 10.2 Å². The zero-order valence-corrected chi connectivity index (χ0v) is 13.5. The second kappa shape index (κ2) is 9.94. The Morgan fingerprint density at radius 3 is 2.54 bits per heavy atom. The van der Waals surface area contributed by atoms with E-state index in [1.807, 2.05) is 6.92 Å². The van der Waals surface area contributed by atoms with Crippen molar-refractivity contribution in [2.45, 2.75) is 32.6 Å². The number of nitriles is 1. The van der Waals surface area contributed by atoms with Crippen LogP contribution in [0.4, 0.5) is 10.5 Å². The third-order valence-electron chi connectivity index (χ3n) is 3.35. The highest BCUT2D eigenvalue weighted by molar-refractivity contribution is 5.95. The van der Waals surface area contributed by atoms with Crippen LogP contribution in [0.2, 0.25) is 0 Å². The third kappa shape index (κ3) is 6.04. The summed E-state index contributed by atoms with van der Waals surface area (Å²) in [5.41, 5.74) is 0.847. The monoisotopic (exact) mass is 332 g/mol. The summed E-state index contributed by atoms with van der Waals surface area (Å²) in [7, 11) is 0. The molecular weight excluding hydrogens is 312 g/mol. The van der Waals surface area contributed by atoms with Gasteiger partial charge in [-0.25, -0.2) is 4.79 Å². The molecule has 128 valence electrons. The number of rotatable bonds is 8. The molecule has 0 aliphatic rings. The predicted octanol–water partition coefficient (Wildman–Crippen LogP) is 2.39. The maximum Gasteiger partial charge on any atom is 0.324 e. The maximum absolute atomic E-state index is 12.1. The highest BCUT2D eigenvalue weighted by Gasteiger charge is 2.20. The molecule has 0 unspecified atom stereocenters. The average Bonchev–Trinajstić information content (AvgIpc) is 2.56. The Balaban J connectivity index is 2.53. The van der Waals surface area contributed by atoms with Gasteiger partial charge in [0.1, 0.15) is 6.42 Å². The van der Waals surface area contributed by atoms with Crippen molar-refractivity contribution < 1.29 is 14.5 Å². The highest BCUT2D eigenvalue weighted by atomic mass is 16.6. The van der Waals surface area contributed by atoms with Gasteiger partial charge in [-0.2, -0.15) is 5.26 Å². The van der Waals surface area contributed by atoms with Gasteiger partial charge < -0.3 is 5.32 Å². The summed E-state index contributed by atoms with van der Waals surface area (Å²) >= 11 is 0. The molecule has 8 nitrogen and oxygen atoms in total. The fourth-order valence-electron chi connectivity index (χ4n) is 2.01. The number of hydrogen-bond donors (Lipinski definition) is 1. The van der Waals surface area contributed by atoms with Gasteiger partial charge in [-0.05, 0) is 18.4 Å². The molecule has 0 saturated carbocycles. The molecule has 0 spiro atoms. The number of hydrogen-bond acceptors (Lipinski definition) is 5. The molecule has 0 fully saturated rings. The molecule has 0 radical (unpaired) electrons. The molecule has 1 N–H and O–H groups in total. The Kier molecular flexibility index (Phi) is 7.91. The number of non-ortho nitro benzene ring substituents is 1. The Morgan fingerprint density at radius 2 is 2.00 bits per heavy atom. The number of nitrogens with zero attached hydrogens (tertiary/aromatic N) is 3. The van der Waals surface area contributed by atoms with Crippen LogP contribution in [0.3, 0.4) is 0 Å². The number of carbonyl (C=O) groups is 2. The van der Waals surface area contributed by atoms with E-state index < -0.39 is 16.9 Å². The van der Waals surface area contributed by atoms with Crippen LogP contribution >= 0.6 is 0 Å². The van der Waals surface area contributed by atoms with Crippen molar-refractivity contribution in [3.8, 4) is 6.07 Å². The second-order valence-electron chi connectivity index (χ2n) is 5.14. The number of nitrogens with one attached hydrogen (secondary N) is 1. The van der Waals surface area contributed by atoms with Gasteiger partial charge in [0.25, 0.3) is 5.69 Å². The number of imide groups is 1. The van der Waals surface area contributed by atoms with Crippen molar-refractivity contribution in [2.24, 2.45) is 0 Å². The van der Waals surface area contributed by atoms with Crippen LogP contribution in [0.1, 0.15) is 31.7 Å². The summed E-state index contributed by atoms with van der Waals surface area (Å²) in [6.07, 6.45) is 1.65. The quantitative estimate of drug-likeness (QED) is 0.579. The van der Waals surface area contributed by atoms with Crippen molar-refractivity contribution >= 4 is 17.6 Å². The summed E-state index contributed by atoms with van der Waals surface area (Å²) in [5.74, 6) is -0.515. The minimum atomic E-state index is -0.523. The van der Waals surface area contributed by atoms with E-state index in [1.54, 1.807) is 18.2 Å². The van der Waals surface area contributed by atoms with E-state index in [1.165, 1.54) is 12.1 Å². The van der Waals surface area contributed by atoms with Gasteiger partial charge in [-0.1, -0.05) is 25.5 Å². The van der Waals surface area contributed by atoms with Crippen LogP contribution in [-0.2, 0) is 11.2 Å². The number of carbonyl (C=O) groups excluding carboxylic acids is 2. The fraction of sp³-hybridized carbons (Fsp3) is 0.438. The van der Waals surface area contributed by atoms with Crippen LogP contribution in [-0.4, -0.2) is 34.9 Å². The fourth-order valence-corrected chi connectivity index (χ4v) is 2.01. The van der Waals surface area contributed by atoms with Crippen molar-refractivity contribution in [1.29, 1.82) is 5.26 Å². The number of amides is 3. The number of nitro benzene ring substituents is 1. The third-order valence-corrected chi connectivity index (χ3v) is 3.35. The van der Waals surface area contributed by atoms with Gasteiger partial charge in [0.2, 0.25) is 5.91 Å². The molecule has 8 heteroatoms.